The lowest BCUT2D eigenvalue weighted by molar-refractivity contribution is -0.151. The molecule has 0 radical (unpaired) electrons. The first-order chi connectivity index (χ1) is 8.66. The van der Waals surface area contributed by atoms with Crippen molar-refractivity contribution in [1.29, 1.82) is 0 Å². The van der Waals surface area contributed by atoms with Gasteiger partial charge in [0.25, 0.3) is 0 Å². The minimum atomic E-state index is -0.474. The van der Waals surface area contributed by atoms with Gasteiger partial charge < -0.3 is 9.47 Å². The highest BCUT2D eigenvalue weighted by atomic mass is 16.5. The molecule has 1 aliphatic carbocycles. The smallest absolute Gasteiger partial charge is 0.326 e. The van der Waals surface area contributed by atoms with Gasteiger partial charge in [0.2, 0.25) is 0 Å². The molecule has 0 amide bonds. The van der Waals surface area contributed by atoms with Crippen LogP contribution in [0.4, 0.5) is 0 Å². The van der Waals surface area contributed by atoms with Crippen molar-refractivity contribution in [3.63, 3.8) is 0 Å². The molecular weight excluding hydrogens is 230 g/mol. The average molecular weight is 255 g/mol. The zero-order valence-electron chi connectivity index (χ0n) is 11.5. The van der Waals surface area contributed by atoms with E-state index in [9.17, 15) is 4.79 Å². The number of hydrogen-bond acceptors (Lipinski definition) is 4. The molecular formula is C14H25NO3. The Labute approximate surface area is 109 Å². The van der Waals surface area contributed by atoms with Crippen LogP contribution in [0.15, 0.2) is 0 Å². The average Bonchev–Trinajstić information content (AvgIpc) is 2.88. The number of nitrogens with one attached hydrogen (secondary N) is 1. The van der Waals surface area contributed by atoms with Crippen LogP contribution in [0.25, 0.3) is 0 Å². The summed E-state index contributed by atoms with van der Waals surface area (Å²) in [5, 5.41) is 3.46. The van der Waals surface area contributed by atoms with Gasteiger partial charge in [0, 0.05) is 13.2 Å². The van der Waals surface area contributed by atoms with Crippen LogP contribution in [0.5, 0.6) is 0 Å². The summed E-state index contributed by atoms with van der Waals surface area (Å²) in [5.74, 6) is 0.474. The highest BCUT2D eigenvalue weighted by Gasteiger charge is 2.42. The molecule has 104 valence electrons. The van der Waals surface area contributed by atoms with Gasteiger partial charge in [-0.2, -0.15) is 0 Å². The van der Waals surface area contributed by atoms with E-state index in [0.717, 1.165) is 45.3 Å². The minimum absolute atomic E-state index is 0.105. The number of carbonyl (C=O) groups excluding carboxylic acids is 1. The second-order valence-corrected chi connectivity index (χ2v) is 5.79. The van der Waals surface area contributed by atoms with Crippen LogP contribution in [-0.2, 0) is 14.3 Å². The fourth-order valence-corrected chi connectivity index (χ4v) is 3.28. The van der Waals surface area contributed by atoms with E-state index in [1.807, 2.05) is 0 Å². The topological polar surface area (TPSA) is 47.6 Å². The Kier molecular flexibility index (Phi) is 4.62. The van der Waals surface area contributed by atoms with Crippen molar-refractivity contribution in [3.8, 4) is 0 Å². The van der Waals surface area contributed by atoms with E-state index in [1.54, 1.807) is 0 Å². The number of methoxy groups -OCH3 is 1. The molecule has 2 rings (SSSR count). The lowest BCUT2D eigenvalue weighted by atomic mass is 9.76. The van der Waals surface area contributed by atoms with E-state index in [-0.39, 0.29) is 12.1 Å². The van der Waals surface area contributed by atoms with E-state index >= 15 is 0 Å². The Bertz CT molecular complexity index is 289. The summed E-state index contributed by atoms with van der Waals surface area (Å²) in [7, 11) is 1.48. The Morgan fingerprint density at radius 1 is 1.44 bits per heavy atom. The highest BCUT2D eigenvalue weighted by Crippen LogP contribution is 2.33. The zero-order chi connectivity index (χ0) is 13.0. The predicted octanol–water partition coefficient (Wildman–Crippen LogP) is 1.88. The van der Waals surface area contributed by atoms with Gasteiger partial charge in [0.15, 0.2) is 0 Å². The third kappa shape index (κ3) is 3.04. The SMILES string of the molecule is COC(=O)C1(NCC2CCCO2)CCCC(C)C1. The van der Waals surface area contributed by atoms with Gasteiger partial charge in [-0.25, -0.2) is 0 Å². The molecule has 3 unspecified atom stereocenters. The Morgan fingerprint density at radius 2 is 2.28 bits per heavy atom. The summed E-state index contributed by atoms with van der Waals surface area (Å²) >= 11 is 0. The van der Waals surface area contributed by atoms with Crippen molar-refractivity contribution in [1.82, 2.24) is 5.32 Å². The van der Waals surface area contributed by atoms with Crippen molar-refractivity contribution in [2.24, 2.45) is 5.92 Å². The molecule has 0 aromatic rings. The number of ether oxygens (including phenoxy) is 2. The van der Waals surface area contributed by atoms with Gasteiger partial charge in [0.1, 0.15) is 5.54 Å². The van der Waals surface area contributed by atoms with Gasteiger partial charge in [-0.15, -0.1) is 0 Å². The van der Waals surface area contributed by atoms with E-state index < -0.39 is 5.54 Å². The maximum absolute atomic E-state index is 12.1. The van der Waals surface area contributed by atoms with Gasteiger partial charge in [0.05, 0.1) is 13.2 Å². The Hall–Kier alpha value is -0.610. The summed E-state index contributed by atoms with van der Waals surface area (Å²) in [5.41, 5.74) is -0.474. The van der Waals surface area contributed by atoms with Crippen molar-refractivity contribution in [3.05, 3.63) is 0 Å². The van der Waals surface area contributed by atoms with Gasteiger partial charge in [-0.05, 0) is 31.6 Å². The summed E-state index contributed by atoms with van der Waals surface area (Å²) in [6.45, 7) is 3.83. The Morgan fingerprint density at radius 3 is 2.89 bits per heavy atom. The highest BCUT2D eigenvalue weighted by molar-refractivity contribution is 5.81. The Balaban J connectivity index is 1.97. The third-order valence-corrected chi connectivity index (χ3v) is 4.27. The molecule has 4 nitrogen and oxygen atoms in total. The molecule has 1 N–H and O–H groups in total. The van der Waals surface area contributed by atoms with Crippen molar-refractivity contribution in [2.45, 2.75) is 57.1 Å². The van der Waals surface area contributed by atoms with Crippen LogP contribution < -0.4 is 5.32 Å². The molecule has 1 heterocycles. The minimum Gasteiger partial charge on any atom is -0.468 e. The van der Waals surface area contributed by atoms with Crippen molar-refractivity contribution < 1.29 is 14.3 Å². The second-order valence-electron chi connectivity index (χ2n) is 5.79. The van der Waals surface area contributed by atoms with Crippen molar-refractivity contribution >= 4 is 5.97 Å². The maximum Gasteiger partial charge on any atom is 0.326 e. The summed E-state index contributed by atoms with van der Waals surface area (Å²) in [6, 6.07) is 0. The van der Waals surface area contributed by atoms with Crippen LogP contribution in [-0.4, -0.2) is 37.9 Å². The van der Waals surface area contributed by atoms with E-state index in [4.69, 9.17) is 9.47 Å². The third-order valence-electron chi connectivity index (χ3n) is 4.27. The molecule has 2 fully saturated rings. The molecule has 1 aliphatic heterocycles. The molecule has 0 aromatic carbocycles. The molecule has 0 bridgehead atoms. The number of hydrogen-bond donors (Lipinski definition) is 1. The maximum atomic E-state index is 12.1. The van der Waals surface area contributed by atoms with Gasteiger partial charge in [-0.3, -0.25) is 10.1 Å². The fraction of sp³-hybridized carbons (Fsp3) is 0.929. The van der Waals surface area contributed by atoms with E-state index in [0.29, 0.717) is 5.92 Å². The van der Waals surface area contributed by atoms with E-state index in [2.05, 4.69) is 12.2 Å². The lowest BCUT2D eigenvalue weighted by Crippen LogP contribution is -2.56. The zero-order valence-corrected chi connectivity index (χ0v) is 11.5. The molecule has 1 saturated carbocycles. The predicted molar refractivity (Wildman–Crippen MR) is 69.4 cm³/mol. The van der Waals surface area contributed by atoms with Crippen LogP contribution >= 0.6 is 0 Å². The monoisotopic (exact) mass is 255 g/mol. The molecule has 18 heavy (non-hydrogen) atoms. The van der Waals surface area contributed by atoms with Crippen LogP contribution in [0.3, 0.4) is 0 Å². The number of carbonyl (C=O) groups is 1. The van der Waals surface area contributed by atoms with Gasteiger partial charge in [-0.1, -0.05) is 19.8 Å². The number of rotatable bonds is 4. The molecule has 0 aromatic heterocycles. The lowest BCUT2D eigenvalue weighted by Gasteiger charge is -2.38. The summed E-state index contributed by atoms with van der Waals surface area (Å²) in [4.78, 5) is 12.1. The standard InChI is InChI=1S/C14H25NO3/c1-11-5-3-7-14(9-11,13(16)17-2)15-10-12-6-4-8-18-12/h11-12,15H,3-10H2,1-2H3. The summed E-state index contributed by atoms with van der Waals surface area (Å²) < 4.78 is 10.6. The normalized spacial score (nSPS) is 36.6. The first kappa shape index (κ1) is 13.8. The quantitative estimate of drug-likeness (QED) is 0.779. The van der Waals surface area contributed by atoms with Crippen LogP contribution in [0.1, 0.15) is 45.4 Å². The fourth-order valence-electron chi connectivity index (χ4n) is 3.28. The van der Waals surface area contributed by atoms with Crippen LogP contribution in [0, 0.1) is 5.92 Å². The van der Waals surface area contributed by atoms with Gasteiger partial charge >= 0.3 is 5.97 Å². The molecule has 0 spiro atoms. The first-order valence-corrected chi connectivity index (χ1v) is 7.11. The van der Waals surface area contributed by atoms with Crippen LogP contribution in [0.2, 0.25) is 0 Å². The summed E-state index contributed by atoms with van der Waals surface area (Å²) in [6.07, 6.45) is 6.57. The molecule has 1 saturated heterocycles. The van der Waals surface area contributed by atoms with Crippen molar-refractivity contribution in [2.75, 3.05) is 20.3 Å². The molecule has 4 heteroatoms. The molecule has 2 aliphatic rings. The first-order valence-electron chi connectivity index (χ1n) is 7.11. The molecule has 3 atom stereocenters. The second kappa shape index (κ2) is 6.02. The van der Waals surface area contributed by atoms with E-state index in [1.165, 1.54) is 13.5 Å². The largest absolute Gasteiger partial charge is 0.468 e. The number of esters is 1.